The first-order valence-corrected chi connectivity index (χ1v) is 5.21. The van der Waals surface area contributed by atoms with Crippen molar-refractivity contribution in [3.05, 3.63) is 24.3 Å². The molecule has 5 N–H and O–H groups in total. The van der Waals surface area contributed by atoms with Crippen LogP contribution >= 0.6 is 0 Å². The Bertz CT molecular complexity index is 403. The average molecular weight is 237 g/mol. The molecule has 1 aliphatic rings. The van der Waals surface area contributed by atoms with E-state index in [9.17, 15) is 5.11 Å². The summed E-state index contributed by atoms with van der Waals surface area (Å²) < 4.78 is 10.9. The van der Waals surface area contributed by atoms with Gasteiger partial charge in [0, 0.05) is 0 Å². The molecule has 0 atom stereocenters. The first-order chi connectivity index (χ1) is 8.09. The third kappa shape index (κ3) is 2.79. The van der Waals surface area contributed by atoms with Crippen molar-refractivity contribution in [3.8, 4) is 11.5 Å². The smallest absolute Gasteiger partial charge is 0.186 e. The number of aliphatic imine (C=N–C) groups is 1. The van der Waals surface area contributed by atoms with E-state index in [-0.39, 0.29) is 25.7 Å². The van der Waals surface area contributed by atoms with Crippen molar-refractivity contribution in [3.63, 3.8) is 0 Å². The van der Waals surface area contributed by atoms with Crippen LogP contribution in [0.4, 0.5) is 0 Å². The molecule has 1 aliphatic heterocycles. The zero-order chi connectivity index (χ0) is 12.3. The topological polar surface area (TPSA) is 103 Å². The maximum atomic E-state index is 10.2. The highest BCUT2D eigenvalue weighted by atomic mass is 16.6. The summed E-state index contributed by atoms with van der Waals surface area (Å²) in [5.41, 5.74) is 9.23. The zero-order valence-electron chi connectivity index (χ0n) is 9.30. The number of rotatable bonds is 2. The summed E-state index contributed by atoms with van der Waals surface area (Å²) in [5.74, 6) is 1.14. The van der Waals surface area contributed by atoms with Crippen LogP contribution in [0.2, 0.25) is 0 Å². The minimum atomic E-state index is -1.22. The summed E-state index contributed by atoms with van der Waals surface area (Å²) in [6, 6.07) is 7.23. The molecule has 6 nitrogen and oxygen atoms in total. The van der Waals surface area contributed by atoms with Gasteiger partial charge in [0.1, 0.15) is 13.2 Å². The van der Waals surface area contributed by atoms with E-state index in [1.165, 1.54) is 0 Å². The summed E-state index contributed by atoms with van der Waals surface area (Å²) in [6.45, 7) is 0.213. The van der Waals surface area contributed by atoms with Gasteiger partial charge in [0.05, 0.1) is 6.54 Å². The Morgan fingerprint density at radius 3 is 2.24 bits per heavy atom. The standard InChI is InChI=1S/C11H15N3O3/c12-10(13)14-5-11(15)6-16-8-3-1-2-4-9(8)17-7-11/h1-4,15H,5-7H2,(H4,12,13,14). The van der Waals surface area contributed by atoms with Gasteiger partial charge in [0.2, 0.25) is 0 Å². The van der Waals surface area contributed by atoms with Gasteiger partial charge in [-0.3, -0.25) is 4.99 Å². The van der Waals surface area contributed by atoms with Crippen LogP contribution in [0.3, 0.4) is 0 Å². The average Bonchev–Trinajstić information content (AvgIpc) is 2.48. The molecule has 0 aliphatic carbocycles. The van der Waals surface area contributed by atoms with Crippen molar-refractivity contribution < 1.29 is 14.6 Å². The lowest BCUT2D eigenvalue weighted by Crippen LogP contribution is -2.44. The van der Waals surface area contributed by atoms with Crippen LogP contribution < -0.4 is 20.9 Å². The Kier molecular flexibility index (Phi) is 3.06. The molecule has 0 amide bonds. The lowest BCUT2D eigenvalue weighted by molar-refractivity contribution is -0.0198. The minimum Gasteiger partial charge on any atom is -0.486 e. The third-order valence-electron chi connectivity index (χ3n) is 2.40. The Hall–Kier alpha value is -1.95. The summed E-state index contributed by atoms with van der Waals surface area (Å²) >= 11 is 0. The van der Waals surface area contributed by atoms with E-state index < -0.39 is 5.60 Å². The first-order valence-electron chi connectivity index (χ1n) is 5.21. The molecule has 1 heterocycles. The van der Waals surface area contributed by atoms with Crippen molar-refractivity contribution >= 4 is 5.96 Å². The number of para-hydroxylation sites is 2. The summed E-state index contributed by atoms with van der Waals surface area (Å²) in [7, 11) is 0. The third-order valence-corrected chi connectivity index (χ3v) is 2.40. The number of nitrogens with two attached hydrogens (primary N) is 2. The fourth-order valence-electron chi connectivity index (χ4n) is 1.48. The van der Waals surface area contributed by atoms with Crippen molar-refractivity contribution in [2.24, 2.45) is 16.5 Å². The Labute approximate surface area is 98.8 Å². The molecule has 0 saturated carbocycles. The van der Waals surface area contributed by atoms with Crippen LogP contribution in [0, 0.1) is 0 Å². The van der Waals surface area contributed by atoms with E-state index in [1.54, 1.807) is 12.1 Å². The van der Waals surface area contributed by atoms with Gasteiger partial charge in [-0.25, -0.2) is 0 Å². The van der Waals surface area contributed by atoms with E-state index in [1.807, 2.05) is 12.1 Å². The summed E-state index contributed by atoms with van der Waals surface area (Å²) in [4.78, 5) is 3.79. The van der Waals surface area contributed by atoms with Gasteiger partial charge < -0.3 is 26.0 Å². The van der Waals surface area contributed by atoms with E-state index >= 15 is 0 Å². The minimum absolute atomic E-state index is 0.0450. The van der Waals surface area contributed by atoms with Crippen LogP contribution in [-0.4, -0.2) is 36.4 Å². The molecular weight excluding hydrogens is 222 g/mol. The van der Waals surface area contributed by atoms with Gasteiger partial charge in [-0.15, -0.1) is 0 Å². The molecule has 2 rings (SSSR count). The van der Waals surface area contributed by atoms with Crippen LogP contribution in [0.15, 0.2) is 29.3 Å². The second-order valence-corrected chi connectivity index (χ2v) is 3.99. The predicted octanol–water partition coefficient (Wildman–Crippen LogP) is -0.538. The van der Waals surface area contributed by atoms with Gasteiger partial charge in [0.25, 0.3) is 0 Å². The molecule has 1 aromatic carbocycles. The first kappa shape index (κ1) is 11.5. The SMILES string of the molecule is NC(N)=NCC1(O)COc2ccccc2OC1. The van der Waals surface area contributed by atoms with E-state index in [2.05, 4.69) is 4.99 Å². The van der Waals surface area contributed by atoms with Gasteiger partial charge >= 0.3 is 0 Å². The Morgan fingerprint density at radius 1 is 1.24 bits per heavy atom. The molecule has 92 valence electrons. The van der Waals surface area contributed by atoms with Crippen molar-refractivity contribution in [1.82, 2.24) is 0 Å². The van der Waals surface area contributed by atoms with Crippen LogP contribution in [-0.2, 0) is 0 Å². The van der Waals surface area contributed by atoms with Crippen molar-refractivity contribution in [1.29, 1.82) is 0 Å². The molecule has 1 aromatic rings. The molecular formula is C11H15N3O3. The highest BCUT2D eigenvalue weighted by Gasteiger charge is 2.32. The molecule has 0 fully saturated rings. The Balaban J connectivity index is 2.10. The number of aliphatic hydroxyl groups is 1. The van der Waals surface area contributed by atoms with Gasteiger partial charge in [0.15, 0.2) is 23.1 Å². The van der Waals surface area contributed by atoms with Crippen molar-refractivity contribution in [2.75, 3.05) is 19.8 Å². The predicted molar refractivity (Wildman–Crippen MR) is 63.1 cm³/mol. The Morgan fingerprint density at radius 2 is 1.76 bits per heavy atom. The lowest BCUT2D eigenvalue weighted by atomic mass is 10.1. The summed E-state index contributed by atoms with van der Waals surface area (Å²) in [5, 5.41) is 10.2. The monoisotopic (exact) mass is 237 g/mol. The van der Waals surface area contributed by atoms with Crippen LogP contribution in [0.25, 0.3) is 0 Å². The molecule has 6 heteroatoms. The largest absolute Gasteiger partial charge is 0.486 e. The van der Waals surface area contributed by atoms with Crippen LogP contribution in [0.5, 0.6) is 11.5 Å². The maximum Gasteiger partial charge on any atom is 0.186 e. The zero-order valence-corrected chi connectivity index (χ0v) is 9.30. The number of nitrogens with zero attached hydrogens (tertiary/aromatic N) is 1. The number of hydrogen-bond donors (Lipinski definition) is 3. The quantitative estimate of drug-likeness (QED) is 0.473. The van der Waals surface area contributed by atoms with Gasteiger partial charge in [-0.1, -0.05) is 12.1 Å². The van der Waals surface area contributed by atoms with E-state index in [4.69, 9.17) is 20.9 Å². The summed E-state index contributed by atoms with van der Waals surface area (Å²) in [6.07, 6.45) is 0. The number of benzene rings is 1. The number of fused-ring (bicyclic) bond motifs is 1. The van der Waals surface area contributed by atoms with E-state index in [0.29, 0.717) is 11.5 Å². The number of hydrogen-bond acceptors (Lipinski definition) is 4. The molecule has 0 aromatic heterocycles. The lowest BCUT2D eigenvalue weighted by Gasteiger charge is -2.22. The molecule has 17 heavy (non-hydrogen) atoms. The fraction of sp³-hybridized carbons (Fsp3) is 0.364. The maximum absolute atomic E-state index is 10.2. The number of ether oxygens (including phenoxy) is 2. The highest BCUT2D eigenvalue weighted by Crippen LogP contribution is 2.30. The molecule has 0 saturated heterocycles. The molecule has 0 spiro atoms. The highest BCUT2D eigenvalue weighted by molar-refractivity contribution is 5.75. The van der Waals surface area contributed by atoms with E-state index in [0.717, 1.165) is 0 Å². The van der Waals surface area contributed by atoms with Gasteiger partial charge in [-0.2, -0.15) is 0 Å². The van der Waals surface area contributed by atoms with Crippen LogP contribution in [0.1, 0.15) is 0 Å². The second kappa shape index (κ2) is 4.50. The number of guanidine groups is 1. The normalized spacial score (nSPS) is 17.0. The van der Waals surface area contributed by atoms with Crippen molar-refractivity contribution in [2.45, 2.75) is 5.60 Å². The fourth-order valence-corrected chi connectivity index (χ4v) is 1.48. The second-order valence-electron chi connectivity index (χ2n) is 3.99. The molecule has 0 unspecified atom stereocenters. The van der Waals surface area contributed by atoms with Gasteiger partial charge in [-0.05, 0) is 12.1 Å². The molecule has 0 radical (unpaired) electrons. The molecule has 0 bridgehead atoms.